The predicted octanol–water partition coefficient (Wildman–Crippen LogP) is 7.09. The fourth-order valence-electron chi connectivity index (χ4n) is 5.93. The number of pyridine rings is 1. The number of halogens is 1. The molecule has 3 aromatic carbocycles. The van der Waals surface area contributed by atoms with Crippen molar-refractivity contribution in [3.8, 4) is 11.6 Å². The van der Waals surface area contributed by atoms with Crippen LogP contribution in [0.1, 0.15) is 57.5 Å². The van der Waals surface area contributed by atoms with Crippen LogP contribution in [-0.2, 0) is 13.0 Å². The summed E-state index contributed by atoms with van der Waals surface area (Å²) in [6, 6.07) is 25.4. The third-order valence-corrected chi connectivity index (χ3v) is 8.21. The number of benzene rings is 3. The van der Waals surface area contributed by atoms with Gasteiger partial charge >= 0.3 is 0 Å². The van der Waals surface area contributed by atoms with Crippen molar-refractivity contribution >= 4 is 17.4 Å². The van der Waals surface area contributed by atoms with Gasteiger partial charge in [-0.3, -0.25) is 9.59 Å². The molecule has 214 valence electrons. The molecule has 2 aliphatic rings. The lowest BCUT2D eigenvalue weighted by atomic mass is 9.90. The Morgan fingerprint density at radius 3 is 2.55 bits per heavy atom. The summed E-state index contributed by atoms with van der Waals surface area (Å²) in [4.78, 5) is 35.2. The van der Waals surface area contributed by atoms with Gasteiger partial charge in [-0.15, -0.1) is 0 Å². The molecule has 4 aromatic rings. The number of carbonyl (C=O) groups excluding carboxylic acids is 2. The van der Waals surface area contributed by atoms with E-state index in [-0.39, 0.29) is 29.9 Å². The van der Waals surface area contributed by atoms with Gasteiger partial charge in [0.05, 0.1) is 12.2 Å². The summed E-state index contributed by atoms with van der Waals surface area (Å²) in [5, 5.41) is 0. The Morgan fingerprint density at radius 2 is 1.74 bits per heavy atom. The first-order valence-corrected chi connectivity index (χ1v) is 14.7. The topological polar surface area (TPSA) is 62.7 Å². The molecule has 6 rings (SSSR count). The zero-order valence-corrected chi connectivity index (χ0v) is 23.5. The first kappa shape index (κ1) is 27.8. The summed E-state index contributed by atoms with van der Waals surface area (Å²) in [6.07, 6.45) is 6.26. The SMILES string of the molecule is O=C(CCCN1CCC(Cc2ccccc2)CC1)c1ccc2c(c1)N(Cc1cccc(F)c1)C(=O)c1cccnc1O2. The van der Waals surface area contributed by atoms with Crippen LogP contribution >= 0.6 is 0 Å². The van der Waals surface area contributed by atoms with Crippen LogP contribution in [0.3, 0.4) is 0 Å². The molecule has 1 amide bonds. The minimum absolute atomic E-state index is 0.0230. The number of hydrogen-bond acceptors (Lipinski definition) is 5. The fraction of sp³-hybridized carbons (Fsp3) is 0.286. The van der Waals surface area contributed by atoms with Crippen LogP contribution in [0.4, 0.5) is 10.1 Å². The van der Waals surface area contributed by atoms with Crippen LogP contribution in [0.25, 0.3) is 0 Å². The number of anilines is 1. The molecule has 0 N–H and O–H groups in total. The highest BCUT2D eigenvalue weighted by atomic mass is 19.1. The number of carbonyl (C=O) groups is 2. The maximum Gasteiger partial charge on any atom is 0.264 e. The molecule has 7 heteroatoms. The van der Waals surface area contributed by atoms with Crippen molar-refractivity contribution in [3.05, 3.63) is 119 Å². The summed E-state index contributed by atoms with van der Waals surface area (Å²) in [6.45, 7) is 3.14. The Hall–Kier alpha value is -4.36. The molecule has 0 unspecified atom stereocenters. The molecule has 0 bridgehead atoms. The highest BCUT2D eigenvalue weighted by Gasteiger charge is 2.30. The average molecular weight is 564 g/mol. The van der Waals surface area contributed by atoms with E-state index in [9.17, 15) is 14.0 Å². The Kier molecular flexibility index (Phi) is 8.38. The van der Waals surface area contributed by atoms with E-state index in [4.69, 9.17) is 4.74 Å². The van der Waals surface area contributed by atoms with Gasteiger partial charge in [0.15, 0.2) is 11.5 Å². The second-order valence-corrected chi connectivity index (χ2v) is 11.2. The van der Waals surface area contributed by atoms with E-state index < -0.39 is 0 Å². The van der Waals surface area contributed by atoms with Crippen LogP contribution < -0.4 is 9.64 Å². The van der Waals surface area contributed by atoms with E-state index in [0.717, 1.165) is 32.5 Å². The maximum atomic E-state index is 14.0. The monoisotopic (exact) mass is 563 g/mol. The Morgan fingerprint density at radius 1 is 0.929 bits per heavy atom. The predicted molar refractivity (Wildman–Crippen MR) is 161 cm³/mol. The van der Waals surface area contributed by atoms with Gasteiger partial charge in [0, 0.05) is 18.2 Å². The van der Waals surface area contributed by atoms with Gasteiger partial charge in [0.1, 0.15) is 11.4 Å². The van der Waals surface area contributed by atoms with Gasteiger partial charge in [-0.2, -0.15) is 0 Å². The van der Waals surface area contributed by atoms with E-state index in [2.05, 4.69) is 40.2 Å². The smallest absolute Gasteiger partial charge is 0.264 e. The van der Waals surface area contributed by atoms with Crippen molar-refractivity contribution in [1.29, 1.82) is 0 Å². The third-order valence-electron chi connectivity index (χ3n) is 8.21. The molecule has 2 aliphatic heterocycles. The van der Waals surface area contributed by atoms with Gasteiger partial charge < -0.3 is 14.5 Å². The minimum atomic E-state index is -0.377. The van der Waals surface area contributed by atoms with Crippen molar-refractivity contribution in [2.75, 3.05) is 24.5 Å². The van der Waals surface area contributed by atoms with E-state index in [0.29, 0.717) is 40.5 Å². The van der Waals surface area contributed by atoms with Crippen molar-refractivity contribution in [2.24, 2.45) is 5.92 Å². The standard InChI is InChI=1S/C35H34FN3O3/c36-29-10-4-9-27(22-29)24-39-31-23-28(13-14-33(31)42-34-30(35(39)41)11-5-17-37-34)32(40)12-6-18-38-19-15-26(16-20-38)21-25-7-2-1-3-8-25/h1-5,7-11,13-14,17,22-23,26H,6,12,15-16,18-21,24H2. The number of Topliss-reactive ketones (excluding diaryl/α,β-unsaturated/α-hetero) is 1. The zero-order valence-electron chi connectivity index (χ0n) is 23.5. The molecule has 1 saturated heterocycles. The van der Waals surface area contributed by atoms with Gasteiger partial charge in [-0.25, -0.2) is 9.37 Å². The number of nitrogens with zero attached hydrogens (tertiary/aromatic N) is 3. The number of amides is 1. The third kappa shape index (κ3) is 6.42. The van der Waals surface area contributed by atoms with Crippen molar-refractivity contribution < 1.29 is 18.7 Å². The molecule has 0 atom stereocenters. The molecule has 6 nitrogen and oxygen atoms in total. The minimum Gasteiger partial charge on any atom is -0.436 e. The number of piperidine rings is 1. The molecular weight excluding hydrogens is 529 g/mol. The molecule has 42 heavy (non-hydrogen) atoms. The Balaban J connectivity index is 1.11. The number of hydrogen-bond donors (Lipinski definition) is 0. The van der Waals surface area contributed by atoms with Crippen molar-refractivity contribution in [2.45, 2.75) is 38.6 Å². The lowest BCUT2D eigenvalue weighted by Gasteiger charge is -2.32. The van der Waals surface area contributed by atoms with E-state index >= 15 is 0 Å². The van der Waals surface area contributed by atoms with E-state index in [1.807, 2.05) is 0 Å². The number of rotatable bonds is 9. The second-order valence-electron chi connectivity index (χ2n) is 11.2. The molecular formula is C35H34FN3O3. The van der Waals surface area contributed by atoms with Crippen molar-refractivity contribution in [3.63, 3.8) is 0 Å². The summed E-state index contributed by atoms with van der Waals surface area (Å²) in [7, 11) is 0. The normalized spacial score (nSPS) is 15.5. The summed E-state index contributed by atoms with van der Waals surface area (Å²) in [5.41, 5.74) is 3.34. The quantitative estimate of drug-likeness (QED) is 0.204. The van der Waals surface area contributed by atoms with Crippen LogP contribution in [0.15, 0.2) is 91.1 Å². The fourth-order valence-corrected chi connectivity index (χ4v) is 5.93. The number of fused-ring (bicyclic) bond motifs is 2. The lowest BCUT2D eigenvalue weighted by molar-refractivity contribution is 0.0964. The molecule has 0 aliphatic carbocycles. The number of aromatic nitrogens is 1. The molecule has 1 fully saturated rings. The average Bonchev–Trinajstić information content (AvgIpc) is 3.12. The van der Waals surface area contributed by atoms with Crippen molar-refractivity contribution in [1.82, 2.24) is 9.88 Å². The molecule has 3 heterocycles. The molecule has 0 spiro atoms. The van der Waals surface area contributed by atoms with E-state index in [1.165, 1.54) is 35.4 Å². The zero-order chi connectivity index (χ0) is 28.9. The molecule has 0 radical (unpaired) electrons. The van der Waals surface area contributed by atoms with Gasteiger partial charge in [-0.05, 0) is 105 Å². The van der Waals surface area contributed by atoms with Gasteiger partial charge in [0.25, 0.3) is 5.91 Å². The van der Waals surface area contributed by atoms with Crippen LogP contribution in [-0.4, -0.2) is 41.2 Å². The first-order valence-electron chi connectivity index (χ1n) is 14.7. The first-order chi connectivity index (χ1) is 20.5. The van der Waals surface area contributed by atoms with Gasteiger partial charge in [0.2, 0.25) is 5.88 Å². The summed E-state index contributed by atoms with van der Waals surface area (Å²) >= 11 is 0. The lowest BCUT2D eigenvalue weighted by Crippen LogP contribution is -2.35. The van der Waals surface area contributed by atoms with Crippen LogP contribution in [0.2, 0.25) is 0 Å². The largest absolute Gasteiger partial charge is 0.436 e. The highest BCUT2D eigenvalue weighted by molar-refractivity contribution is 6.10. The Bertz CT molecular complexity index is 1570. The number of ether oxygens (including phenoxy) is 1. The summed E-state index contributed by atoms with van der Waals surface area (Å²) < 4.78 is 20.0. The van der Waals surface area contributed by atoms with E-state index in [1.54, 1.807) is 48.7 Å². The molecule has 1 aromatic heterocycles. The van der Waals surface area contributed by atoms with Gasteiger partial charge in [-0.1, -0.05) is 42.5 Å². The van der Waals surface area contributed by atoms with Crippen LogP contribution in [0, 0.1) is 11.7 Å². The highest BCUT2D eigenvalue weighted by Crippen LogP contribution is 2.39. The summed E-state index contributed by atoms with van der Waals surface area (Å²) in [5.74, 6) is 0.671. The maximum absolute atomic E-state index is 14.0. The Labute approximate surface area is 245 Å². The van der Waals surface area contributed by atoms with Crippen LogP contribution in [0.5, 0.6) is 11.6 Å². The molecule has 0 saturated carbocycles. The number of likely N-dealkylation sites (tertiary alicyclic amines) is 1. The number of ketones is 1. The second kappa shape index (κ2) is 12.7.